The van der Waals surface area contributed by atoms with Gasteiger partial charge in [-0.3, -0.25) is 4.79 Å². The van der Waals surface area contributed by atoms with Gasteiger partial charge < -0.3 is 33.7 Å². The van der Waals surface area contributed by atoms with Crippen molar-refractivity contribution >= 4 is 45.4 Å². The van der Waals surface area contributed by atoms with Gasteiger partial charge in [-0.25, -0.2) is 4.98 Å². The molecule has 4 aromatic heterocycles. The smallest absolute Gasteiger partial charge is 0.298 e. The number of nitrogens with one attached hydrogen (secondary N) is 2. The van der Waals surface area contributed by atoms with E-state index in [4.69, 9.17) is 18.6 Å². The van der Waals surface area contributed by atoms with E-state index in [-0.39, 0.29) is 11.7 Å². The molecule has 2 N–H and O–H groups in total. The number of H-pyrrole nitrogens is 1. The Labute approximate surface area is 218 Å². The molecule has 0 aliphatic carbocycles. The molecule has 2 fully saturated rings. The molecule has 10 nitrogen and oxygen atoms in total. The molecule has 6 heterocycles. The van der Waals surface area contributed by atoms with Crippen LogP contribution in [0.4, 0.5) is 17.4 Å². The maximum Gasteiger partial charge on any atom is 0.298 e. The Kier molecular flexibility index (Phi) is 5.73. The third kappa shape index (κ3) is 4.26. The molecule has 0 radical (unpaired) electrons. The zero-order valence-electron chi connectivity index (χ0n) is 20.9. The van der Waals surface area contributed by atoms with Crippen LogP contribution in [-0.4, -0.2) is 60.3 Å². The fraction of sp³-hybridized carbons (Fsp3) is 0.321. The predicted octanol–water partition coefficient (Wildman–Crippen LogP) is 5.04. The fourth-order valence-corrected chi connectivity index (χ4v) is 5.21. The molecule has 2 aliphatic rings. The first-order valence-electron chi connectivity index (χ1n) is 13.1. The van der Waals surface area contributed by atoms with Crippen LogP contribution in [0.25, 0.3) is 33.5 Å². The molecule has 2 aliphatic heterocycles. The molecule has 0 saturated carbocycles. The Morgan fingerprint density at radius 1 is 0.947 bits per heavy atom. The molecule has 10 heteroatoms. The largest absolute Gasteiger partial charge is 0.451 e. The van der Waals surface area contributed by atoms with Crippen molar-refractivity contribution < 1.29 is 18.4 Å². The standard InChI is InChI=1S/C28H28N6O4/c35-27(24-5-4-23(37-24)19-14-18-6-7-29-26(18)30-17-19)31-20-16-25-21(15-22(20)33-8-2-1-3-9-33)32-28(38-25)34-10-12-36-13-11-34/h4-7,14-17H,1-3,8-13H2,(H,29,30)(H,31,35). The Bertz CT molecular complexity index is 1610. The van der Waals surface area contributed by atoms with Crippen molar-refractivity contribution in [2.45, 2.75) is 19.3 Å². The summed E-state index contributed by atoms with van der Waals surface area (Å²) in [6.07, 6.45) is 7.02. The summed E-state index contributed by atoms with van der Waals surface area (Å²) in [6.45, 7) is 4.65. The predicted molar refractivity (Wildman–Crippen MR) is 145 cm³/mol. The van der Waals surface area contributed by atoms with Crippen LogP contribution in [0.2, 0.25) is 0 Å². The minimum Gasteiger partial charge on any atom is -0.451 e. The van der Waals surface area contributed by atoms with Crippen LogP contribution in [0.15, 0.2) is 57.6 Å². The van der Waals surface area contributed by atoms with Crippen LogP contribution in [0.3, 0.4) is 0 Å². The van der Waals surface area contributed by atoms with Gasteiger partial charge in [0.15, 0.2) is 11.3 Å². The summed E-state index contributed by atoms with van der Waals surface area (Å²) in [5, 5.41) is 4.06. The fourth-order valence-electron chi connectivity index (χ4n) is 5.21. The lowest BCUT2D eigenvalue weighted by Gasteiger charge is -2.30. The second-order valence-corrected chi connectivity index (χ2v) is 9.74. The highest BCUT2D eigenvalue weighted by molar-refractivity contribution is 6.06. The molecule has 5 aromatic rings. The van der Waals surface area contributed by atoms with E-state index < -0.39 is 0 Å². The van der Waals surface area contributed by atoms with Gasteiger partial charge >= 0.3 is 0 Å². The molecule has 1 aromatic carbocycles. The second-order valence-electron chi connectivity index (χ2n) is 9.74. The number of aromatic amines is 1. The number of hydrogen-bond donors (Lipinski definition) is 2. The molecular weight excluding hydrogens is 484 g/mol. The van der Waals surface area contributed by atoms with Crippen LogP contribution in [0.1, 0.15) is 29.8 Å². The number of furan rings is 1. The number of fused-ring (bicyclic) bond motifs is 2. The Morgan fingerprint density at radius 2 is 1.82 bits per heavy atom. The maximum atomic E-state index is 13.3. The van der Waals surface area contributed by atoms with Crippen LogP contribution in [0, 0.1) is 0 Å². The number of anilines is 3. The van der Waals surface area contributed by atoms with E-state index in [1.807, 2.05) is 30.5 Å². The summed E-state index contributed by atoms with van der Waals surface area (Å²) in [5.41, 5.74) is 4.65. The zero-order valence-corrected chi connectivity index (χ0v) is 20.9. The van der Waals surface area contributed by atoms with Crippen molar-refractivity contribution in [1.29, 1.82) is 0 Å². The van der Waals surface area contributed by atoms with E-state index in [1.54, 1.807) is 18.3 Å². The van der Waals surface area contributed by atoms with Crippen LogP contribution >= 0.6 is 0 Å². The molecular formula is C28H28N6O4. The number of morpholine rings is 1. The molecule has 0 bridgehead atoms. The Morgan fingerprint density at radius 3 is 2.68 bits per heavy atom. The summed E-state index contributed by atoms with van der Waals surface area (Å²) in [7, 11) is 0. The van der Waals surface area contributed by atoms with Gasteiger partial charge in [-0.05, 0) is 49.6 Å². The van der Waals surface area contributed by atoms with Crippen LogP contribution in [0.5, 0.6) is 0 Å². The molecule has 0 atom stereocenters. The molecule has 38 heavy (non-hydrogen) atoms. The second kappa shape index (κ2) is 9.53. The average Bonchev–Trinajstić information content (AvgIpc) is 3.72. The first-order chi connectivity index (χ1) is 18.7. The normalized spacial score (nSPS) is 16.4. The van der Waals surface area contributed by atoms with E-state index in [1.165, 1.54) is 6.42 Å². The van der Waals surface area contributed by atoms with E-state index >= 15 is 0 Å². The summed E-state index contributed by atoms with van der Waals surface area (Å²) in [6, 6.07) is 11.9. The van der Waals surface area contributed by atoms with Gasteiger partial charge in [0, 0.05) is 55.6 Å². The lowest BCUT2D eigenvalue weighted by molar-refractivity contribution is 0.0997. The number of ether oxygens (including phenoxy) is 1. The molecule has 2 saturated heterocycles. The lowest BCUT2D eigenvalue weighted by Crippen LogP contribution is -2.36. The number of carbonyl (C=O) groups is 1. The summed E-state index contributed by atoms with van der Waals surface area (Å²) >= 11 is 0. The minimum atomic E-state index is -0.322. The molecule has 0 spiro atoms. The van der Waals surface area contributed by atoms with Crippen molar-refractivity contribution in [3.63, 3.8) is 0 Å². The topological polar surface area (TPSA) is 113 Å². The van der Waals surface area contributed by atoms with Gasteiger partial charge in [0.25, 0.3) is 11.9 Å². The number of nitrogens with zero attached hydrogens (tertiary/aromatic N) is 4. The van der Waals surface area contributed by atoms with E-state index in [2.05, 4.69) is 25.1 Å². The molecule has 194 valence electrons. The Balaban J connectivity index is 1.19. The van der Waals surface area contributed by atoms with Gasteiger partial charge in [-0.15, -0.1) is 0 Å². The highest BCUT2D eigenvalue weighted by Gasteiger charge is 2.23. The number of piperidine rings is 1. The number of amides is 1. The van der Waals surface area contributed by atoms with E-state index in [0.717, 1.165) is 66.8 Å². The number of aromatic nitrogens is 3. The summed E-state index contributed by atoms with van der Waals surface area (Å²) in [5.74, 6) is 0.491. The highest BCUT2D eigenvalue weighted by atomic mass is 16.5. The number of oxazole rings is 1. The number of benzene rings is 1. The van der Waals surface area contributed by atoms with Crippen LogP contribution in [-0.2, 0) is 4.74 Å². The molecule has 7 rings (SSSR count). The number of hydrogen-bond acceptors (Lipinski definition) is 8. The van der Waals surface area contributed by atoms with Crippen molar-refractivity contribution in [2.24, 2.45) is 0 Å². The quantitative estimate of drug-likeness (QED) is 0.337. The molecule has 1 amide bonds. The number of carbonyl (C=O) groups excluding carboxylic acids is 1. The monoisotopic (exact) mass is 512 g/mol. The third-order valence-electron chi connectivity index (χ3n) is 7.24. The van der Waals surface area contributed by atoms with E-state index in [0.29, 0.717) is 36.3 Å². The van der Waals surface area contributed by atoms with Gasteiger partial charge in [0.2, 0.25) is 0 Å². The zero-order chi connectivity index (χ0) is 25.5. The van der Waals surface area contributed by atoms with Crippen molar-refractivity contribution in [1.82, 2.24) is 15.0 Å². The number of pyridine rings is 1. The lowest BCUT2D eigenvalue weighted by atomic mass is 10.1. The summed E-state index contributed by atoms with van der Waals surface area (Å²) < 4.78 is 17.5. The SMILES string of the molecule is O=C(Nc1cc2oc(N3CCOCC3)nc2cc1N1CCCCC1)c1ccc(-c2cnc3[nH]ccc3c2)o1. The van der Waals surface area contributed by atoms with Gasteiger partial charge in [-0.2, -0.15) is 4.98 Å². The highest BCUT2D eigenvalue weighted by Crippen LogP contribution is 2.35. The first kappa shape index (κ1) is 22.9. The van der Waals surface area contributed by atoms with Gasteiger partial charge in [0.05, 0.1) is 24.6 Å². The first-order valence-corrected chi connectivity index (χ1v) is 13.1. The van der Waals surface area contributed by atoms with Crippen molar-refractivity contribution in [3.8, 4) is 11.3 Å². The Hall–Kier alpha value is -4.31. The van der Waals surface area contributed by atoms with Crippen LogP contribution < -0.4 is 15.1 Å². The minimum absolute atomic E-state index is 0.227. The van der Waals surface area contributed by atoms with E-state index in [9.17, 15) is 4.79 Å². The molecule has 0 unspecified atom stereocenters. The van der Waals surface area contributed by atoms with Crippen molar-refractivity contribution in [3.05, 3.63) is 54.6 Å². The maximum absolute atomic E-state index is 13.3. The van der Waals surface area contributed by atoms with Gasteiger partial charge in [0.1, 0.15) is 16.9 Å². The third-order valence-corrected chi connectivity index (χ3v) is 7.24. The average molecular weight is 513 g/mol. The summed E-state index contributed by atoms with van der Waals surface area (Å²) in [4.78, 5) is 30.0. The van der Waals surface area contributed by atoms with Gasteiger partial charge in [-0.1, -0.05) is 0 Å². The van der Waals surface area contributed by atoms with Crippen molar-refractivity contribution in [2.75, 3.05) is 54.5 Å². The number of rotatable bonds is 5.